The lowest BCUT2D eigenvalue weighted by atomic mass is 9.84. The van der Waals surface area contributed by atoms with Crippen molar-refractivity contribution in [3.05, 3.63) is 42.5 Å². The van der Waals surface area contributed by atoms with Crippen LogP contribution in [0, 0.1) is 0 Å². The van der Waals surface area contributed by atoms with E-state index in [1.54, 1.807) is 25.1 Å². The molecule has 0 spiro atoms. The van der Waals surface area contributed by atoms with Gasteiger partial charge in [-0.3, -0.25) is 4.18 Å². The van der Waals surface area contributed by atoms with Crippen molar-refractivity contribution in [1.82, 2.24) is 0 Å². The van der Waals surface area contributed by atoms with Crippen molar-refractivity contribution in [3.63, 3.8) is 0 Å². The lowest BCUT2D eigenvalue weighted by Crippen LogP contribution is -2.44. The van der Waals surface area contributed by atoms with Crippen molar-refractivity contribution < 1.29 is 17.7 Å². The molecule has 1 fully saturated rings. The zero-order valence-corrected chi connectivity index (χ0v) is 13.3. The fraction of sp³-hybridized carbons (Fsp3) is 0.412. The molecular weight excluding hydrogens is 300 g/mol. The Bertz CT molecular complexity index is 780. The first-order valence-electron chi connectivity index (χ1n) is 7.53. The second-order valence-electron chi connectivity index (χ2n) is 6.15. The van der Waals surface area contributed by atoms with Gasteiger partial charge in [-0.05, 0) is 42.7 Å². The zero-order valence-electron chi connectivity index (χ0n) is 12.5. The fourth-order valence-electron chi connectivity index (χ4n) is 2.97. The SMILES string of the molecule is C[C@]1(O)CCCC[C@@H]1OS(=O)(=O)c1ccc2ccccc2c1. The van der Waals surface area contributed by atoms with Crippen molar-refractivity contribution in [2.75, 3.05) is 0 Å². The minimum Gasteiger partial charge on any atom is -0.387 e. The number of fused-ring (bicyclic) bond motifs is 1. The molecule has 0 unspecified atom stereocenters. The first-order valence-corrected chi connectivity index (χ1v) is 8.94. The Kier molecular flexibility index (Phi) is 3.97. The van der Waals surface area contributed by atoms with Gasteiger partial charge in [0.15, 0.2) is 0 Å². The summed E-state index contributed by atoms with van der Waals surface area (Å²) < 4.78 is 30.3. The number of hydrogen-bond acceptors (Lipinski definition) is 4. The molecule has 2 aromatic rings. The molecule has 0 radical (unpaired) electrons. The van der Waals surface area contributed by atoms with Gasteiger partial charge in [0.05, 0.1) is 10.5 Å². The minimum atomic E-state index is -3.88. The normalized spacial score (nSPS) is 26.2. The number of aliphatic hydroxyl groups is 1. The van der Waals surface area contributed by atoms with Gasteiger partial charge in [-0.15, -0.1) is 0 Å². The maximum atomic E-state index is 12.5. The second kappa shape index (κ2) is 5.65. The molecule has 1 N–H and O–H groups in total. The lowest BCUT2D eigenvalue weighted by molar-refractivity contribution is -0.0712. The number of hydrogen-bond donors (Lipinski definition) is 1. The van der Waals surface area contributed by atoms with Crippen LogP contribution in [0.25, 0.3) is 10.8 Å². The summed E-state index contributed by atoms with van der Waals surface area (Å²) in [6, 6.07) is 12.5. The van der Waals surface area contributed by atoms with Crippen molar-refractivity contribution in [3.8, 4) is 0 Å². The zero-order chi connectivity index (χ0) is 15.8. The van der Waals surface area contributed by atoms with Gasteiger partial charge in [-0.25, -0.2) is 0 Å². The van der Waals surface area contributed by atoms with Crippen LogP contribution in [0.5, 0.6) is 0 Å². The van der Waals surface area contributed by atoms with E-state index in [9.17, 15) is 13.5 Å². The Morgan fingerprint density at radius 3 is 2.59 bits per heavy atom. The second-order valence-corrected chi connectivity index (χ2v) is 7.72. The predicted octanol–water partition coefficient (Wildman–Crippen LogP) is 3.24. The molecule has 0 aliphatic heterocycles. The molecule has 5 heteroatoms. The summed E-state index contributed by atoms with van der Waals surface area (Å²) >= 11 is 0. The molecule has 0 amide bonds. The van der Waals surface area contributed by atoms with Gasteiger partial charge in [-0.1, -0.05) is 43.2 Å². The van der Waals surface area contributed by atoms with Crippen LogP contribution in [0.4, 0.5) is 0 Å². The molecule has 0 heterocycles. The summed E-state index contributed by atoms with van der Waals surface area (Å²) in [4.78, 5) is 0.132. The number of rotatable bonds is 3. The monoisotopic (exact) mass is 320 g/mol. The van der Waals surface area contributed by atoms with Crippen LogP contribution in [-0.4, -0.2) is 25.2 Å². The van der Waals surface area contributed by atoms with Crippen LogP contribution in [0.3, 0.4) is 0 Å². The third kappa shape index (κ3) is 3.02. The van der Waals surface area contributed by atoms with E-state index in [2.05, 4.69) is 0 Å². The maximum absolute atomic E-state index is 12.5. The highest BCUT2D eigenvalue weighted by Crippen LogP contribution is 2.33. The summed E-state index contributed by atoms with van der Waals surface area (Å²) in [5, 5.41) is 12.2. The Morgan fingerprint density at radius 1 is 1.14 bits per heavy atom. The molecule has 22 heavy (non-hydrogen) atoms. The first kappa shape index (κ1) is 15.5. The van der Waals surface area contributed by atoms with Crippen molar-refractivity contribution >= 4 is 20.9 Å². The molecule has 2 atom stereocenters. The van der Waals surface area contributed by atoms with Gasteiger partial charge in [0, 0.05) is 0 Å². The highest BCUT2D eigenvalue weighted by molar-refractivity contribution is 7.86. The lowest BCUT2D eigenvalue weighted by Gasteiger charge is -2.36. The van der Waals surface area contributed by atoms with Crippen LogP contribution >= 0.6 is 0 Å². The first-order chi connectivity index (χ1) is 10.4. The standard InChI is InChI=1S/C17H20O4S/c1-17(18)11-5-4-8-16(17)21-22(19,20)15-10-9-13-6-2-3-7-14(13)12-15/h2-3,6-7,9-10,12,16,18H,4-5,8,11H2,1H3/t16-,17-/m0/s1. The van der Waals surface area contributed by atoms with E-state index in [-0.39, 0.29) is 4.90 Å². The molecule has 0 aromatic heterocycles. The summed E-state index contributed by atoms with van der Waals surface area (Å²) in [6.45, 7) is 1.65. The topological polar surface area (TPSA) is 63.6 Å². The van der Waals surface area contributed by atoms with Gasteiger partial charge in [-0.2, -0.15) is 8.42 Å². The Morgan fingerprint density at radius 2 is 1.86 bits per heavy atom. The van der Waals surface area contributed by atoms with Crippen LogP contribution in [-0.2, 0) is 14.3 Å². The maximum Gasteiger partial charge on any atom is 0.297 e. The van der Waals surface area contributed by atoms with Crippen LogP contribution in [0.15, 0.2) is 47.4 Å². The molecule has 4 nitrogen and oxygen atoms in total. The molecule has 1 saturated carbocycles. The van der Waals surface area contributed by atoms with Gasteiger partial charge in [0.2, 0.25) is 0 Å². The van der Waals surface area contributed by atoms with Crippen molar-refractivity contribution in [1.29, 1.82) is 0 Å². The van der Waals surface area contributed by atoms with Crippen molar-refractivity contribution in [2.45, 2.75) is 49.2 Å². The van der Waals surface area contributed by atoms with Crippen LogP contribution in [0.2, 0.25) is 0 Å². The molecule has 118 valence electrons. The van der Waals surface area contributed by atoms with Gasteiger partial charge in [0.1, 0.15) is 6.10 Å². The third-order valence-electron chi connectivity index (χ3n) is 4.35. The Hall–Kier alpha value is -1.43. The Balaban J connectivity index is 1.91. The predicted molar refractivity (Wildman–Crippen MR) is 85.1 cm³/mol. The van der Waals surface area contributed by atoms with Crippen LogP contribution < -0.4 is 0 Å². The van der Waals surface area contributed by atoms with Gasteiger partial charge in [0.25, 0.3) is 10.1 Å². The average Bonchev–Trinajstić information content (AvgIpc) is 2.49. The van der Waals surface area contributed by atoms with E-state index in [0.29, 0.717) is 12.8 Å². The summed E-state index contributed by atoms with van der Waals surface area (Å²) in [5.41, 5.74) is -1.10. The summed E-state index contributed by atoms with van der Waals surface area (Å²) in [6.07, 6.45) is 2.19. The highest BCUT2D eigenvalue weighted by Gasteiger charge is 2.38. The molecule has 2 aromatic carbocycles. The summed E-state index contributed by atoms with van der Waals surface area (Å²) in [7, 11) is -3.88. The average molecular weight is 320 g/mol. The van der Waals surface area contributed by atoms with E-state index in [4.69, 9.17) is 4.18 Å². The van der Waals surface area contributed by atoms with Crippen LogP contribution in [0.1, 0.15) is 32.6 Å². The smallest absolute Gasteiger partial charge is 0.297 e. The molecule has 3 rings (SSSR count). The molecule has 1 aliphatic carbocycles. The minimum absolute atomic E-state index is 0.132. The van der Waals surface area contributed by atoms with E-state index >= 15 is 0 Å². The highest BCUT2D eigenvalue weighted by atomic mass is 32.2. The Labute approximate surface area is 130 Å². The van der Waals surface area contributed by atoms with Gasteiger partial charge < -0.3 is 5.11 Å². The molecule has 0 saturated heterocycles. The van der Waals surface area contributed by atoms with E-state index < -0.39 is 21.8 Å². The third-order valence-corrected chi connectivity index (χ3v) is 5.66. The van der Waals surface area contributed by atoms with Gasteiger partial charge >= 0.3 is 0 Å². The largest absolute Gasteiger partial charge is 0.387 e. The number of benzene rings is 2. The molecule has 1 aliphatic rings. The molecular formula is C17H20O4S. The fourth-order valence-corrected chi connectivity index (χ4v) is 4.19. The quantitative estimate of drug-likeness (QED) is 0.882. The van der Waals surface area contributed by atoms with E-state index in [1.807, 2.05) is 24.3 Å². The van der Waals surface area contributed by atoms with E-state index in [1.165, 1.54) is 0 Å². The summed E-state index contributed by atoms with van der Waals surface area (Å²) in [5.74, 6) is 0. The van der Waals surface area contributed by atoms with Crippen molar-refractivity contribution in [2.24, 2.45) is 0 Å². The molecule has 0 bridgehead atoms. The van der Waals surface area contributed by atoms with E-state index in [0.717, 1.165) is 23.6 Å².